The van der Waals surface area contributed by atoms with E-state index in [0.29, 0.717) is 12.5 Å². The standard InChI is InChI=1S/C23H26N4O2S/c28-23(29)27(15-18-4-2-1-3-5-18)20-8-6-17(7-9-20)14-25-22-26-21(16-30-22)19-10-12-24-13-11-19/h1-5,10-13,16-17,20H,6-9,14-15H2,(H,25,26)(H,28,29)/t17-,20-. The van der Waals surface area contributed by atoms with Crippen molar-refractivity contribution in [3.8, 4) is 11.3 Å². The number of nitrogens with zero attached hydrogens (tertiary/aromatic N) is 3. The summed E-state index contributed by atoms with van der Waals surface area (Å²) in [5.41, 5.74) is 3.08. The molecule has 0 radical (unpaired) electrons. The second-order valence-corrected chi connectivity index (χ2v) is 8.58. The monoisotopic (exact) mass is 422 g/mol. The maximum absolute atomic E-state index is 11.8. The van der Waals surface area contributed by atoms with Crippen LogP contribution in [0.1, 0.15) is 31.2 Å². The number of aromatic nitrogens is 2. The molecule has 1 aromatic carbocycles. The molecule has 0 spiro atoms. The van der Waals surface area contributed by atoms with E-state index in [9.17, 15) is 9.90 Å². The van der Waals surface area contributed by atoms with Gasteiger partial charge in [0.2, 0.25) is 0 Å². The summed E-state index contributed by atoms with van der Waals surface area (Å²) in [6.45, 7) is 1.34. The maximum Gasteiger partial charge on any atom is 0.407 e. The molecular weight excluding hydrogens is 396 g/mol. The first-order valence-corrected chi connectivity index (χ1v) is 11.2. The molecule has 7 heteroatoms. The molecule has 0 bridgehead atoms. The van der Waals surface area contributed by atoms with Crippen LogP contribution in [0.4, 0.5) is 9.93 Å². The Hall–Kier alpha value is -2.93. The Labute approximate surface area is 180 Å². The third-order valence-electron chi connectivity index (χ3n) is 5.72. The molecule has 30 heavy (non-hydrogen) atoms. The van der Waals surface area contributed by atoms with Crippen molar-refractivity contribution in [1.82, 2.24) is 14.9 Å². The van der Waals surface area contributed by atoms with Gasteiger partial charge in [-0.3, -0.25) is 4.98 Å². The molecule has 1 aliphatic rings. The molecule has 2 N–H and O–H groups in total. The fraction of sp³-hybridized carbons (Fsp3) is 0.348. The molecule has 0 atom stereocenters. The number of thiazole rings is 1. The molecule has 1 saturated carbocycles. The fourth-order valence-corrected chi connectivity index (χ4v) is 4.77. The largest absolute Gasteiger partial charge is 0.465 e. The minimum atomic E-state index is -0.827. The van der Waals surface area contributed by atoms with Crippen molar-refractivity contribution in [3.63, 3.8) is 0 Å². The van der Waals surface area contributed by atoms with E-state index < -0.39 is 6.09 Å². The van der Waals surface area contributed by atoms with Crippen LogP contribution in [0.15, 0.2) is 60.2 Å². The number of carbonyl (C=O) groups is 1. The molecule has 156 valence electrons. The molecule has 1 aliphatic carbocycles. The number of nitrogens with one attached hydrogen (secondary N) is 1. The van der Waals surface area contributed by atoms with Crippen LogP contribution in [-0.4, -0.2) is 38.7 Å². The van der Waals surface area contributed by atoms with Gasteiger partial charge in [0.05, 0.1) is 5.69 Å². The highest BCUT2D eigenvalue weighted by Gasteiger charge is 2.28. The van der Waals surface area contributed by atoms with E-state index in [0.717, 1.165) is 54.2 Å². The zero-order valence-corrected chi connectivity index (χ0v) is 17.6. The van der Waals surface area contributed by atoms with Gasteiger partial charge >= 0.3 is 6.09 Å². The smallest absolute Gasteiger partial charge is 0.407 e. The van der Waals surface area contributed by atoms with Crippen molar-refractivity contribution in [3.05, 3.63) is 65.8 Å². The van der Waals surface area contributed by atoms with Gasteiger partial charge in [-0.15, -0.1) is 11.3 Å². The number of carboxylic acid groups (broad SMARTS) is 1. The molecule has 6 nitrogen and oxygen atoms in total. The summed E-state index contributed by atoms with van der Waals surface area (Å²) < 4.78 is 0. The van der Waals surface area contributed by atoms with Crippen LogP contribution >= 0.6 is 11.3 Å². The van der Waals surface area contributed by atoms with Crippen LogP contribution in [0.2, 0.25) is 0 Å². The van der Waals surface area contributed by atoms with Crippen molar-refractivity contribution < 1.29 is 9.90 Å². The molecule has 2 aromatic heterocycles. The lowest BCUT2D eigenvalue weighted by Gasteiger charge is -2.35. The summed E-state index contributed by atoms with van der Waals surface area (Å²) in [4.78, 5) is 22.1. The Kier molecular flexibility index (Phi) is 6.59. The predicted molar refractivity (Wildman–Crippen MR) is 120 cm³/mol. The average molecular weight is 423 g/mol. The first kappa shape index (κ1) is 20.3. The van der Waals surface area contributed by atoms with E-state index in [1.807, 2.05) is 42.5 Å². The lowest BCUT2D eigenvalue weighted by Crippen LogP contribution is -2.41. The highest BCUT2D eigenvalue weighted by Crippen LogP contribution is 2.30. The van der Waals surface area contributed by atoms with Gasteiger partial charge in [-0.1, -0.05) is 30.3 Å². The van der Waals surface area contributed by atoms with Gasteiger partial charge in [-0.2, -0.15) is 0 Å². The molecule has 0 aliphatic heterocycles. The normalized spacial score (nSPS) is 18.7. The highest BCUT2D eigenvalue weighted by molar-refractivity contribution is 7.14. The molecule has 0 saturated heterocycles. The molecule has 0 unspecified atom stereocenters. The van der Waals surface area contributed by atoms with Crippen LogP contribution in [0.5, 0.6) is 0 Å². The molecule has 2 heterocycles. The molecule has 1 fully saturated rings. The van der Waals surface area contributed by atoms with E-state index in [4.69, 9.17) is 0 Å². The van der Waals surface area contributed by atoms with Crippen LogP contribution < -0.4 is 5.32 Å². The van der Waals surface area contributed by atoms with Gasteiger partial charge in [0, 0.05) is 42.5 Å². The fourth-order valence-electron chi connectivity index (χ4n) is 4.04. The van der Waals surface area contributed by atoms with E-state index in [1.54, 1.807) is 28.6 Å². The summed E-state index contributed by atoms with van der Waals surface area (Å²) in [5.74, 6) is 0.543. The lowest BCUT2D eigenvalue weighted by atomic mass is 9.85. The van der Waals surface area contributed by atoms with Crippen molar-refractivity contribution in [2.75, 3.05) is 11.9 Å². The van der Waals surface area contributed by atoms with Crippen molar-refractivity contribution in [1.29, 1.82) is 0 Å². The molecule has 3 aromatic rings. The van der Waals surface area contributed by atoms with E-state index >= 15 is 0 Å². The SMILES string of the molecule is O=C(O)N(Cc1ccccc1)[C@H]1CC[C@H](CNc2nc(-c3ccncc3)cs2)CC1. The van der Waals surface area contributed by atoms with Gasteiger partial charge in [0.1, 0.15) is 0 Å². The summed E-state index contributed by atoms with van der Waals surface area (Å²) in [5, 5.41) is 16.2. The predicted octanol–water partition coefficient (Wildman–Crippen LogP) is 5.36. The first-order valence-electron chi connectivity index (χ1n) is 10.3. The van der Waals surface area contributed by atoms with E-state index in [2.05, 4.69) is 20.7 Å². The average Bonchev–Trinajstić information content (AvgIpc) is 3.27. The summed E-state index contributed by atoms with van der Waals surface area (Å²) >= 11 is 1.61. The molecule has 1 amide bonds. The number of rotatable bonds is 7. The summed E-state index contributed by atoms with van der Waals surface area (Å²) in [7, 11) is 0. The number of anilines is 1. The molecule has 4 rings (SSSR count). The Bertz CT molecular complexity index is 940. The quantitative estimate of drug-likeness (QED) is 0.536. The Morgan fingerprint density at radius 1 is 1.10 bits per heavy atom. The second kappa shape index (κ2) is 9.71. The van der Waals surface area contributed by atoms with Gasteiger partial charge < -0.3 is 15.3 Å². The minimum absolute atomic E-state index is 0.0945. The van der Waals surface area contributed by atoms with Gasteiger partial charge in [-0.25, -0.2) is 9.78 Å². The minimum Gasteiger partial charge on any atom is -0.465 e. The van der Waals surface area contributed by atoms with Crippen molar-refractivity contribution in [2.24, 2.45) is 5.92 Å². The van der Waals surface area contributed by atoms with E-state index in [-0.39, 0.29) is 6.04 Å². The Morgan fingerprint density at radius 2 is 1.83 bits per heavy atom. The Morgan fingerprint density at radius 3 is 2.53 bits per heavy atom. The third-order valence-corrected chi connectivity index (χ3v) is 6.52. The molecular formula is C23H26N4O2S. The van der Waals surface area contributed by atoms with Crippen LogP contribution in [0, 0.1) is 5.92 Å². The van der Waals surface area contributed by atoms with Crippen molar-refractivity contribution >= 4 is 22.6 Å². The number of hydrogen-bond acceptors (Lipinski definition) is 5. The third kappa shape index (κ3) is 5.16. The van der Waals surface area contributed by atoms with Crippen LogP contribution in [0.25, 0.3) is 11.3 Å². The Balaban J connectivity index is 1.27. The lowest BCUT2D eigenvalue weighted by molar-refractivity contribution is 0.100. The zero-order chi connectivity index (χ0) is 20.8. The zero-order valence-electron chi connectivity index (χ0n) is 16.8. The number of amides is 1. The number of pyridine rings is 1. The first-order chi connectivity index (χ1) is 14.7. The van der Waals surface area contributed by atoms with Gasteiger partial charge in [-0.05, 0) is 49.3 Å². The summed E-state index contributed by atoms with van der Waals surface area (Å²) in [6.07, 6.45) is 6.60. The van der Waals surface area contributed by atoms with Crippen LogP contribution in [-0.2, 0) is 6.54 Å². The topological polar surface area (TPSA) is 78.4 Å². The van der Waals surface area contributed by atoms with Gasteiger partial charge in [0.25, 0.3) is 0 Å². The maximum atomic E-state index is 11.8. The highest BCUT2D eigenvalue weighted by atomic mass is 32.1. The van der Waals surface area contributed by atoms with Crippen molar-refractivity contribution in [2.45, 2.75) is 38.3 Å². The number of benzene rings is 1. The van der Waals surface area contributed by atoms with E-state index in [1.165, 1.54) is 0 Å². The van der Waals surface area contributed by atoms with Gasteiger partial charge in [0.15, 0.2) is 5.13 Å². The number of hydrogen-bond donors (Lipinski definition) is 2. The summed E-state index contributed by atoms with van der Waals surface area (Å²) in [6, 6.07) is 13.9. The van der Waals surface area contributed by atoms with Crippen LogP contribution in [0.3, 0.4) is 0 Å². The second-order valence-electron chi connectivity index (χ2n) is 7.73.